The standard InChI is InChI=1S/C18H13ClF2N4O3S/c1-10(26)24-17-7-11(4-5-22-17)12-6-15(18(19)23-9-12)25-29(27,28)16-8-13(20)2-3-14(16)21/h2-9,25H,1H3,(H,22,24,26). The average Bonchev–Trinajstić information content (AvgIpc) is 2.65. The smallest absolute Gasteiger partial charge is 0.265 e. The summed E-state index contributed by atoms with van der Waals surface area (Å²) in [4.78, 5) is 18.2. The lowest BCUT2D eigenvalue weighted by molar-refractivity contribution is -0.114. The highest BCUT2D eigenvalue weighted by Gasteiger charge is 2.22. The van der Waals surface area contributed by atoms with Gasteiger partial charge in [0, 0.05) is 24.9 Å². The Hall–Kier alpha value is -3.11. The zero-order chi connectivity index (χ0) is 21.2. The molecule has 0 aliphatic heterocycles. The fraction of sp³-hybridized carbons (Fsp3) is 0.0556. The predicted molar refractivity (Wildman–Crippen MR) is 104 cm³/mol. The number of aromatic nitrogens is 2. The topological polar surface area (TPSA) is 101 Å². The summed E-state index contributed by atoms with van der Waals surface area (Å²) in [6, 6.07) is 6.61. The van der Waals surface area contributed by atoms with Gasteiger partial charge in [-0.25, -0.2) is 27.2 Å². The van der Waals surface area contributed by atoms with Gasteiger partial charge in [-0.05, 0) is 42.0 Å². The van der Waals surface area contributed by atoms with Crippen LogP contribution < -0.4 is 10.0 Å². The Morgan fingerprint density at radius 1 is 1.07 bits per heavy atom. The highest BCUT2D eigenvalue weighted by Crippen LogP contribution is 2.29. The summed E-state index contributed by atoms with van der Waals surface area (Å²) < 4.78 is 54.4. The van der Waals surface area contributed by atoms with Crippen LogP contribution in [0.25, 0.3) is 11.1 Å². The summed E-state index contributed by atoms with van der Waals surface area (Å²) in [7, 11) is -4.47. The lowest BCUT2D eigenvalue weighted by Crippen LogP contribution is -2.15. The van der Waals surface area contributed by atoms with Gasteiger partial charge in [0.05, 0.1) is 5.69 Å². The zero-order valence-electron chi connectivity index (χ0n) is 14.8. The van der Waals surface area contributed by atoms with Gasteiger partial charge in [-0.15, -0.1) is 0 Å². The van der Waals surface area contributed by atoms with E-state index in [2.05, 4.69) is 20.0 Å². The average molecular weight is 439 g/mol. The van der Waals surface area contributed by atoms with Crippen LogP contribution in [-0.2, 0) is 14.8 Å². The Morgan fingerprint density at radius 3 is 2.55 bits per heavy atom. The third-order valence-electron chi connectivity index (χ3n) is 3.66. The zero-order valence-corrected chi connectivity index (χ0v) is 16.4. The molecular weight excluding hydrogens is 426 g/mol. The molecule has 3 rings (SSSR count). The predicted octanol–water partition coefficient (Wildman–Crippen LogP) is 3.83. The van der Waals surface area contributed by atoms with Crippen molar-refractivity contribution < 1.29 is 22.0 Å². The molecule has 1 aromatic carbocycles. The summed E-state index contributed by atoms with van der Waals surface area (Å²) >= 11 is 5.97. The molecule has 2 aromatic heterocycles. The van der Waals surface area contributed by atoms with Gasteiger partial charge in [0.2, 0.25) is 5.91 Å². The molecule has 0 radical (unpaired) electrons. The number of carbonyl (C=O) groups is 1. The van der Waals surface area contributed by atoms with E-state index in [9.17, 15) is 22.0 Å². The largest absolute Gasteiger partial charge is 0.311 e. The van der Waals surface area contributed by atoms with E-state index in [1.807, 2.05) is 0 Å². The Bertz CT molecular complexity index is 1210. The number of amides is 1. The minimum Gasteiger partial charge on any atom is -0.311 e. The number of halogens is 3. The minimum atomic E-state index is -4.47. The van der Waals surface area contributed by atoms with E-state index in [0.29, 0.717) is 23.3 Å². The first-order valence-electron chi connectivity index (χ1n) is 8.03. The molecule has 0 bridgehead atoms. The fourth-order valence-corrected chi connectivity index (χ4v) is 3.77. The second-order valence-electron chi connectivity index (χ2n) is 5.85. The van der Waals surface area contributed by atoms with Gasteiger partial charge in [-0.3, -0.25) is 9.52 Å². The number of sulfonamides is 1. The van der Waals surface area contributed by atoms with Gasteiger partial charge in [0.1, 0.15) is 22.3 Å². The normalized spacial score (nSPS) is 11.2. The van der Waals surface area contributed by atoms with E-state index < -0.39 is 26.6 Å². The second kappa shape index (κ2) is 8.10. The molecule has 0 saturated carbocycles. The molecule has 29 heavy (non-hydrogen) atoms. The summed E-state index contributed by atoms with van der Waals surface area (Å²) in [5.74, 6) is -2.05. The van der Waals surface area contributed by atoms with Gasteiger partial charge in [0.15, 0.2) is 5.15 Å². The van der Waals surface area contributed by atoms with Crippen molar-refractivity contribution in [3.8, 4) is 11.1 Å². The van der Waals surface area contributed by atoms with Crippen LogP contribution in [0.4, 0.5) is 20.3 Å². The molecule has 0 fully saturated rings. The Kier molecular flexibility index (Phi) is 5.76. The summed E-state index contributed by atoms with van der Waals surface area (Å²) in [6.45, 7) is 1.33. The van der Waals surface area contributed by atoms with Crippen molar-refractivity contribution in [2.45, 2.75) is 11.8 Å². The van der Waals surface area contributed by atoms with Gasteiger partial charge >= 0.3 is 0 Å². The number of anilines is 2. The molecule has 11 heteroatoms. The van der Waals surface area contributed by atoms with Crippen LogP contribution in [0.1, 0.15) is 6.92 Å². The van der Waals surface area contributed by atoms with Crippen LogP contribution in [0, 0.1) is 11.6 Å². The van der Waals surface area contributed by atoms with Crippen molar-refractivity contribution in [2.24, 2.45) is 0 Å². The first-order chi connectivity index (χ1) is 13.7. The number of hydrogen-bond acceptors (Lipinski definition) is 5. The van der Waals surface area contributed by atoms with Crippen LogP contribution in [0.2, 0.25) is 5.15 Å². The quantitative estimate of drug-likeness (QED) is 0.589. The fourth-order valence-electron chi connectivity index (χ4n) is 2.42. The summed E-state index contributed by atoms with van der Waals surface area (Å²) in [5, 5.41) is 2.34. The molecule has 2 heterocycles. The number of benzene rings is 1. The van der Waals surface area contributed by atoms with Gasteiger partial charge in [-0.1, -0.05) is 11.6 Å². The highest BCUT2D eigenvalue weighted by atomic mass is 35.5. The molecule has 0 aliphatic carbocycles. The second-order valence-corrected chi connectivity index (χ2v) is 7.86. The summed E-state index contributed by atoms with van der Waals surface area (Å²) in [6.07, 6.45) is 2.83. The van der Waals surface area contributed by atoms with E-state index in [4.69, 9.17) is 11.6 Å². The van der Waals surface area contributed by atoms with E-state index in [0.717, 1.165) is 6.07 Å². The number of hydrogen-bond donors (Lipinski definition) is 2. The Balaban J connectivity index is 1.98. The maximum Gasteiger partial charge on any atom is 0.265 e. The first kappa shape index (κ1) is 20.6. The van der Waals surface area contributed by atoms with E-state index in [1.165, 1.54) is 25.4 Å². The van der Waals surface area contributed by atoms with Gasteiger partial charge in [-0.2, -0.15) is 0 Å². The lowest BCUT2D eigenvalue weighted by Gasteiger charge is -2.12. The molecule has 150 valence electrons. The molecule has 0 atom stereocenters. The van der Waals surface area contributed by atoms with E-state index in [-0.39, 0.29) is 22.6 Å². The van der Waals surface area contributed by atoms with Crippen molar-refractivity contribution in [3.63, 3.8) is 0 Å². The maximum atomic E-state index is 13.9. The Morgan fingerprint density at radius 2 is 1.83 bits per heavy atom. The molecule has 0 saturated heterocycles. The van der Waals surface area contributed by atoms with Crippen LogP contribution in [0.15, 0.2) is 53.7 Å². The minimum absolute atomic E-state index is 0.134. The number of rotatable bonds is 5. The molecule has 1 amide bonds. The molecule has 2 N–H and O–H groups in total. The molecule has 0 spiro atoms. The molecule has 7 nitrogen and oxygen atoms in total. The highest BCUT2D eigenvalue weighted by molar-refractivity contribution is 7.92. The molecule has 0 aliphatic rings. The van der Waals surface area contributed by atoms with Gasteiger partial charge in [0.25, 0.3) is 10.0 Å². The number of pyridine rings is 2. The molecular formula is C18H13ClF2N4O3S. The third-order valence-corrected chi connectivity index (χ3v) is 5.35. The SMILES string of the molecule is CC(=O)Nc1cc(-c2cnc(Cl)c(NS(=O)(=O)c3cc(F)ccc3F)c2)ccn1. The van der Waals surface area contributed by atoms with Gasteiger partial charge < -0.3 is 5.32 Å². The monoisotopic (exact) mass is 438 g/mol. The molecule has 0 unspecified atom stereocenters. The van der Waals surface area contributed by atoms with E-state index >= 15 is 0 Å². The van der Waals surface area contributed by atoms with Crippen LogP contribution >= 0.6 is 11.6 Å². The lowest BCUT2D eigenvalue weighted by atomic mass is 10.1. The van der Waals surface area contributed by atoms with Crippen LogP contribution in [-0.4, -0.2) is 24.3 Å². The number of nitrogens with zero attached hydrogens (tertiary/aromatic N) is 2. The number of nitrogens with one attached hydrogen (secondary N) is 2. The van der Waals surface area contributed by atoms with Crippen LogP contribution in [0.5, 0.6) is 0 Å². The van der Waals surface area contributed by atoms with Crippen molar-refractivity contribution in [1.29, 1.82) is 0 Å². The maximum absolute atomic E-state index is 13.9. The van der Waals surface area contributed by atoms with Crippen molar-refractivity contribution >= 4 is 39.0 Å². The number of carbonyl (C=O) groups excluding carboxylic acids is 1. The van der Waals surface area contributed by atoms with Crippen molar-refractivity contribution in [2.75, 3.05) is 10.0 Å². The van der Waals surface area contributed by atoms with Crippen LogP contribution in [0.3, 0.4) is 0 Å². The van der Waals surface area contributed by atoms with Crippen molar-refractivity contribution in [3.05, 3.63) is 65.6 Å². The third kappa shape index (κ3) is 4.84. The summed E-state index contributed by atoms with van der Waals surface area (Å²) in [5.41, 5.74) is 0.872. The van der Waals surface area contributed by atoms with Crippen molar-refractivity contribution in [1.82, 2.24) is 9.97 Å². The first-order valence-corrected chi connectivity index (χ1v) is 9.89. The van der Waals surface area contributed by atoms with E-state index in [1.54, 1.807) is 12.1 Å². The Labute approximate surface area is 169 Å². The molecule has 3 aromatic rings.